The van der Waals surface area contributed by atoms with Gasteiger partial charge in [0, 0.05) is 12.5 Å². The van der Waals surface area contributed by atoms with Crippen LogP contribution in [-0.4, -0.2) is 52.7 Å². The Morgan fingerprint density at radius 1 is 1.33 bits per heavy atom. The highest BCUT2D eigenvalue weighted by Gasteiger charge is 2.25. The molecule has 2 N–H and O–H groups in total. The monoisotopic (exact) mass is 497 g/mol. The zero-order chi connectivity index (χ0) is 25.3. The highest BCUT2D eigenvalue weighted by Crippen LogP contribution is 2.28. The summed E-state index contributed by atoms with van der Waals surface area (Å²) in [7, 11) is 1.64. The van der Waals surface area contributed by atoms with Crippen molar-refractivity contribution in [2.24, 2.45) is 0 Å². The predicted octanol–water partition coefficient (Wildman–Crippen LogP) is 3.54. The molecule has 0 saturated heterocycles. The summed E-state index contributed by atoms with van der Waals surface area (Å²) in [6.45, 7) is 12.3. The Morgan fingerprint density at radius 2 is 1.97 bits per heavy atom. The van der Waals surface area contributed by atoms with Crippen molar-refractivity contribution in [3.8, 4) is 0 Å². The van der Waals surface area contributed by atoms with Crippen molar-refractivity contribution in [3.63, 3.8) is 0 Å². The number of amides is 1. The van der Waals surface area contributed by atoms with Gasteiger partial charge in [0.15, 0.2) is 0 Å². The molecular formula is C23H36ClN5O3S. The van der Waals surface area contributed by atoms with Crippen LogP contribution < -0.4 is 16.3 Å². The van der Waals surface area contributed by atoms with E-state index in [0.717, 1.165) is 27.9 Å². The van der Waals surface area contributed by atoms with E-state index in [2.05, 4.69) is 23.2 Å². The number of rotatable bonds is 7. The van der Waals surface area contributed by atoms with Crippen molar-refractivity contribution in [3.05, 3.63) is 45.4 Å². The van der Waals surface area contributed by atoms with E-state index in [1.807, 2.05) is 46.8 Å². The van der Waals surface area contributed by atoms with Crippen LogP contribution in [0.15, 0.2) is 28.2 Å². The summed E-state index contributed by atoms with van der Waals surface area (Å²) in [6, 6.07) is 6.05. The first-order valence-electron chi connectivity index (χ1n) is 10.7. The number of thioether (sulfide) groups is 1. The van der Waals surface area contributed by atoms with Gasteiger partial charge >= 0.3 is 0 Å². The van der Waals surface area contributed by atoms with Gasteiger partial charge in [-0.3, -0.25) is 9.59 Å². The van der Waals surface area contributed by atoms with E-state index in [-0.39, 0.29) is 28.8 Å². The SMILES string of the molecule is CCc1cccc(C)c1N(C(=O)CCl)C(C)COC.CSc1nnc(C(C)(C)C)c(=O)n1N. The highest BCUT2D eigenvalue weighted by molar-refractivity contribution is 7.98. The highest BCUT2D eigenvalue weighted by atomic mass is 35.5. The largest absolute Gasteiger partial charge is 0.383 e. The molecule has 8 nitrogen and oxygen atoms in total. The van der Waals surface area contributed by atoms with Crippen molar-refractivity contribution in [1.29, 1.82) is 0 Å². The molecule has 1 amide bonds. The van der Waals surface area contributed by atoms with Crippen molar-refractivity contribution in [2.75, 3.05) is 36.6 Å². The van der Waals surface area contributed by atoms with Crippen LogP contribution in [0.1, 0.15) is 51.4 Å². The molecule has 33 heavy (non-hydrogen) atoms. The number of halogens is 1. The summed E-state index contributed by atoms with van der Waals surface area (Å²) in [5, 5.41) is 8.19. The number of nitrogens with two attached hydrogens (primary N) is 1. The topological polar surface area (TPSA) is 103 Å². The molecule has 0 bridgehead atoms. The van der Waals surface area contributed by atoms with Gasteiger partial charge in [-0.15, -0.1) is 21.8 Å². The number of hydrogen-bond acceptors (Lipinski definition) is 7. The van der Waals surface area contributed by atoms with Crippen molar-refractivity contribution in [1.82, 2.24) is 14.9 Å². The van der Waals surface area contributed by atoms with Crippen LogP contribution >= 0.6 is 23.4 Å². The van der Waals surface area contributed by atoms with E-state index in [1.165, 1.54) is 11.8 Å². The van der Waals surface area contributed by atoms with Gasteiger partial charge in [-0.25, -0.2) is 0 Å². The van der Waals surface area contributed by atoms with E-state index in [1.54, 1.807) is 18.3 Å². The maximum atomic E-state index is 12.2. The van der Waals surface area contributed by atoms with Crippen LogP contribution in [0.3, 0.4) is 0 Å². The maximum Gasteiger partial charge on any atom is 0.295 e. The number of para-hydroxylation sites is 1. The molecule has 1 heterocycles. The van der Waals surface area contributed by atoms with Crippen molar-refractivity contribution >= 4 is 35.0 Å². The second-order valence-electron chi connectivity index (χ2n) is 8.60. The molecule has 1 aromatic heterocycles. The van der Waals surface area contributed by atoms with E-state index in [0.29, 0.717) is 17.5 Å². The lowest BCUT2D eigenvalue weighted by molar-refractivity contribution is -0.116. The molecule has 2 rings (SSSR count). The number of benzene rings is 1. The Hall–Kier alpha value is -2.10. The minimum atomic E-state index is -0.331. The molecule has 184 valence electrons. The quantitative estimate of drug-likeness (QED) is 0.354. The second-order valence-corrected chi connectivity index (χ2v) is 9.64. The van der Waals surface area contributed by atoms with Crippen LogP contribution in [-0.2, 0) is 21.4 Å². The number of alkyl halides is 1. The van der Waals surface area contributed by atoms with Gasteiger partial charge in [0.05, 0.1) is 18.3 Å². The fourth-order valence-corrected chi connectivity index (χ4v) is 3.85. The summed E-state index contributed by atoms with van der Waals surface area (Å²) < 4.78 is 6.22. The van der Waals surface area contributed by atoms with Crippen molar-refractivity contribution in [2.45, 2.75) is 64.6 Å². The predicted molar refractivity (Wildman–Crippen MR) is 137 cm³/mol. The Labute approximate surface area is 205 Å². The molecule has 2 aromatic rings. The number of ether oxygens (including phenoxy) is 1. The molecule has 1 atom stereocenters. The number of nitrogen functional groups attached to an aromatic ring is 1. The lowest BCUT2D eigenvalue weighted by Crippen LogP contribution is -2.43. The van der Waals surface area contributed by atoms with Gasteiger partial charge in [-0.05, 0) is 37.7 Å². The Kier molecular flexibility index (Phi) is 11.4. The normalized spacial score (nSPS) is 12.0. The minimum absolute atomic E-state index is 0.0223. The fourth-order valence-electron chi connectivity index (χ4n) is 3.32. The number of carbonyl (C=O) groups is 1. The zero-order valence-corrected chi connectivity index (χ0v) is 22.4. The average Bonchev–Trinajstić information content (AvgIpc) is 2.76. The first-order valence-corrected chi connectivity index (χ1v) is 12.4. The summed E-state index contributed by atoms with van der Waals surface area (Å²) in [5.74, 6) is 5.46. The molecule has 0 radical (unpaired) electrons. The number of aromatic nitrogens is 3. The average molecular weight is 498 g/mol. The third-order valence-corrected chi connectivity index (χ3v) is 5.80. The molecule has 0 spiro atoms. The van der Waals surface area contributed by atoms with Crippen LogP contribution in [0.5, 0.6) is 0 Å². The summed E-state index contributed by atoms with van der Waals surface area (Å²) >= 11 is 7.05. The van der Waals surface area contributed by atoms with Gasteiger partial charge in [0.1, 0.15) is 11.6 Å². The van der Waals surface area contributed by atoms with E-state index >= 15 is 0 Å². The standard InChI is InChI=1S/C15H22ClNO2.C8H14N4OS/c1-5-13-8-6-7-11(2)15(13)17(14(18)9-16)12(3)10-19-4;1-8(2,3)5-6(13)12(9)7(14-4)11-10-5/h6-8,12H,5,9-10H2,1-4H3;9H2,1-4H3. The number of carbonyl (C=O) groups excluding carboxylic acids is 1. The minimum Gasteiger partial charge on any atom is -0.383 e. The molecule has 0 saturated carbocycles. The summed E-state index contributed by atoms with van der Waals surface area (Å²) in [5.41, 5.74) is 2.99. The molecule has 1 unspecified atom stereocenters. The smallest absolute Gasteiger partial charge is 0.295 e. The van der Waals surface area contributed by atoms with Gasteiger partial charge in [-0.2, -0.15) is 4.68 Å². The van der Waals surface area contributed by atoms with Crippen LogP contribution in [0.4, 0.5) is 5.69 Å². The van der Waals surface area contributed by atoms with Crippen LogP contribution in [0.2, 0.25) is 0 Å². The third-order valence-electron chi connectivity index (χ3n) is 4.93. The van der Waals surface area contributed by atoms with Gasteiger partial charge < -0.3 is 15.5 Å². The van der Waals surface area contributed by atoms with E-state index in [9.17, 15) is 9.59 Å². The third kappa shape index (κ3) is 7.45. The number of aryl methyl sites for hydroxylation is 2. The Balaban J connectivity index is 0.000000346. The number of methoxy groups -OCH3 is 1. The molecule has 0 aliphatic carbocycles. The Bertz CT molecular complexity index is 991. The van der Waals surface area contributed by atoms with Crippen molar-refractivity contribution < 1.29 is 9.53 Å². The molecule has 10 heteroatoms. The summed E-state index contributed by atoms with van der Waals surface area (Å²) in [6.07, 6.45) is 2.67. The first-order chi connectivity index (χ1) is 15.4. The zero-order valence-electron chi connectivity index (χ0n) is 20.8. The van der Waals surface area contributed by atoms with E-state index in [4.69, 9.17) is 22.2 Å². The van der Waals surface area contributed by atoms with Gasteiger partial charge in [-0.1, -0.05) is 57.7 Å². The number of anilines is 1. The number of hydrogen-bond donors (Lipinski definition) is 1. The molecule has 0 aliphatic rings. The Morgan fingerprint density at radius 3 is 2.45 bits per heavy atom. The second kappa shape index (κ2) is 13.0. The van der Waals surface area contributed by atoms with Gasteiger partial charge in [0.2, 0.25) is 11.1 Å². The lowest BCUT2D eigenvalue weighted by atomic mass is 9.93. The maximum absolute atomic E-state index is 12.2. The number of nitrogens with zero attached hydrogens (tertiary/aromatic N) is 4. The molecule has 0 fully saturated rings. The van der Waals surface area contributed by atoms with E-state index < -0.39 is 0 Å². The fraction of sp³-hybridized carbons (Fsp3) is 0.565. The lowest BCUT2D eigenvalue weighted by Gasteiger charge is -2.31. The van der Waals surface area contributed by atoms with Crippen LogP contribution in [0.25, 0.3) is 0 Å². The first kappa shape index (κ1) is 28.9. The van der Waals surface area contributed by atoms with Gasteiger partial charge in [0.25, 0.3) is 5.56 Å². The van der Waals surface area contributed by atoms with Crippen LogP contribution in [0, 0.1) is 6.92 Å². The molecular weight excluding hydrogens is 462 g/mol. The molecule has 0 aliphatic heterocycles. The summed E-state index contributed by atoms with van der Waals surface area (Å²) in [4.78, 5) is 25.7. The molecule has 1 aromatic carbocycles.